The average Bonchev–Trinajstić information content (AvgIpc) is 2.08. The van der Waals surface area contributed by atoms with Crippen molar-refractivity contribution in [3.8, 4) is 0 Å². The molecule has 1 aliphatic carbocycles. The summed E-state index contributed by atoms with van der Waals surface area (Å²) >= 11 is 0. The molecular weight excluding hydrogens is 180 g/mol. The van der Waals surface area contributed by atoms with E-state index in [4.69, 9.17) is 4.74 Å². The molecule has 3 nitrogen and oxygen atoms in total. The zero-order valence-electron chi connectivity index (χ0n) is 8.87. The number of esters is 1. The first-order valence-corrected chi connectivity index (χ1v) is 5.57. The van der Waals surface area contributed by atoms with Crippen LogP contribution in [0.3, 0.4) is 0 Å². The van der Waals surface area contributed by atoms with E-state index in [0.717, 1.165) is 19.3 Å². The van der Waals surface area contributed by atoms with Crippen LogP contribution in [-0.2, 0) is 9.53 Å². The van der Waals surface area contributed by atoms with Gasteiger partial charge in [-0.15, -0.1) is 0 Å². The van der Waals surface area contributed by atoms with Gasteiger partial charge in [-0.1, -0.05) is 13.3 Å². The molecule has 1 N–H and O–H groups in total. The minimum absolute atomic E-state index is 0.176. The van der Waals surface area contributed by atoms with Gasteiger partial charge in [0.25, 0.3) is 0 Å². The quantitative estimate of drug-likeness (QED) is 0.666. The van der Waals surface area contributed by atoms with Crippen molar-refractivity contribution < 1.29 is 14.6 Å². The Morgan fingerprint density at radius 1 is 1.57 bits per heavy atom. The summed E-state index contributed by atoms with van der Waals surface area (Å²) in [5.41, 5.74) is 0. The maximum Gasteiger partial charge on any atom is 0.305 e. The first-order chi connectivity index (χ1) is 6.74. The Labute approximate surface area is 85.5 Å². The molecule has 1 rings (SSSR count). The van der Waals surface area contributed by atoms with Gasteiger partial charge in [0.15, 0.2) is 0 Å². The zero-order chi connectivity index (χ0) is 10.4. The summed E-state index contributed by atoms with van der Waals surface area (Å²) in [6.45, 7) is 2.47. The lowest BCUT2D eigenvalue weighted by atomic mass is 9.80. The minimum atomic E-state index is -0.294. The van der Waals surface area contributed by atoms with Gasteiger partial charge in [-0.2, -0.15) is 0 Å². The second-order valence-electron chi connectivity index (χ2n) is 4.02. The van der Waals surface area contributed by atoms with Crippen LogP contribution in [0.4, 0.5) is 0 Å². The number of carbonyl (C=O) groups excluding carboxylic acids is 1. The van der Waals surface area contributed by atoms with Crippen molar-refractivity contribution in [2.24, 2.45) is 5.92 Å². The summed E-state index contributed by atoms with van der Waals surface area (Å²) < 4.78 is 4.92. The van der Waals surface area contributed by atoms with E-state index in [2.05, 4.69) is 0 Å². The molecule has 0 spiro atoms. The van der Waals surface area contributed by atoms with E-state index >= 15 is 0 Å². The van der Waals surface area contributed by atoms with Gasteiger partial charge in [0.1, 0.15) is 0 Å². The van der Waals surface area contributed by atoms with Crippen LogP contribution in [0.25, 0.3) is 0 Å². The van der Waals surface area contributed by atoms with Crippen molar-refractivity contribution in [1.29, 1.82) is 0 Å². The smallest absolute Gasteiger partial charge is 0.305 e. The number of hydrogen-bond donors (Lipinski definition) is 1. The summed E-state index contributed by atoms with van der Waals surface area (Å²) in [6.07, 6.45) is 4.94. The summed E-state index contributed by atoms with van der Waals surface area (Å²) in [5, 5.41) is 9.64. The molecule has 0 heterocycles. The van der Waals surface area contributed by atoms with Gasteiger partial charge in [-0.3, -0.25) is 4.79 Å². The molecule has 0 aromatic carbocycles. The maximum absolute atomic E-state index is 11.1. The van der Waals surface area contributed by atoms with E-state index in [9.17, 15) is 9.90 Å². The molecule has 0 aromatic heterocycles. The fourth-order valence-electron chi connectivity index (χ4n) is 1.61. The molecule has 14 heavy (non-hydrogen) atoms. The van der Waals surface area contributed by atoms with Crippen LogP contribution >= 0.6 is 0 Å². The van der Waals surface area contributed by atoms with Crippen molar-refractivity contribution in [1.82, 2.24) is 0 Å². The molecule has 0 bridgehead atoms. The van der Waals surface area contributed by atoms with E-state index in [-0.39, 0.29) is 12.1 Å². The highest BCUT2D eigenvalue weighted by molar-refractivity contribution is 5.69. The first kappa shape index (κ1) is 11.5. The molecular formula is C11H20O3. The normalized spacial score (nSPS) is 18.7. The Hall–Kier alpha value is -0.570. The van der Waals surface area contributed by atoms with E-state index in [0.29, 0.717) is 25.4 Å². The lowest BCUT2D eigenvalue weighted by Crippen LogP contribution is -2.27. The molecule has 1 fully saturated rings. The number of ether oxygens (including phenoxy) is 1. The highest BCUT2D eigenvalue weighted by Crippen LogP contribution is 2.31. The average molecular weight is 200 g/mol. The highest BCUT2D eigenvalue weighted by Gasteiger charge is 2.25. The minimum Gasteiger partial charge on any atom is -0.466 e. The molecule has 1 unspecified atom stereocenters. The van der Waals surface area contributed by atoms with Crippen LogP contribution < -0.4 is 0 Å². The number of aliphatic hydroxyl groups is 1. The van der Waals surface area contributed by atoms with E-state index < -0.39 is 0 Å². The number of aliphatic hydroxyl groups excluding tert-OH is 1. The predicted molar refractivity (Wildman–Crippen MR) is 53.8 cm³/mol. The summed E-state index contributed by atoms with van der Waals surface area (Å²) in [4.78, 5) is 11.1. The van der Waals surface area contributed by atoms with Gasteiger partial charge in [0.05, 0.1) is 12.7 Å². The Morgan fingerprint density at radius 3 is 2.79 bits per heavy atom. The molecule has 0 aromatic rings. The Morgan fingerprint density at radius 2 is 2.29 bits per heavy atom. The van der Waals surface area contributed by atoms with Crippen molar-refractivity contribution >= 4 is 5.97 Å². The standard InChI is InChI=1S/C11H20O3/c1-2-8-14-11(13)7-6-10(12)9-4-3-5-9/h9-10,12H,2-8H2,1H3. The monoisotopic (exact) mass is 200 g/mol. The molecule has 3 heteroatoms. The second-order valence-corrected chi connectivity index (χ2v) is 4.02. The molecule has 82 valence electrons. The highest BCUT2D eigenvalue weighted by atomic mass is 16.5. The van der Waals surface area contributed by atoms with Gasteiger partial charge in [-0.05, 0) is 31.6 Å². The van der Waals surface area contributed by atoms with Gasteiger partial charge >= 0.3 is 5.97 Å². The van der Waals surface area contributed by atoms with E-state index in [1.165, 1.54) is 6.42 Å². The lowest BCUT2D eigenvalue weighted by Gasteiger charge is -2.30. The fourth-order valence-corrected chi connectivity index (χ4v) is 1.61. The summed E-state index contributed by atoms with van der Waals surface area (Å²) in [5.74, 6) is 0.263. The van der Waals surface area contributed by atoms with Crippen LogP contribution in [0.15, 0.2) is 0 Å². The SMILES string of the molecule is CCCOC(=O)CCC(O)C1CCC1. The molecule has 0 radical (unpaired) electrons. The van der Waals surface area contributed by atoms with Crippen molar-refractivity contribution in [2.75, 3.05) is 6.61 Å². The predicted octanol–water partition coefficient (Wildman–Crippen LogP) is 1.88. The van der Waals surface area contributed by atoms with Crippen LogP contribution in [0.1, 0.15) is 45.4 Å². The lowest BCUT2D eigenvalue weighted by molar-refractivity contribution is -0.144. The molecule has 1 aliphatic rings. The molecule has 0 saturated heterocycles. The Kier molecular flexibility index (Phi) is 4.94. The van der Waals surface area contributed by atoms with Crippen LogP contribution in [0.5, 0.6) is 0 Å². The van der Waals surface area contributed by atoms with Crippen LogP contribution in [0, 0.1) is 5.92 Å². The third-order valence-electron chi connectivity index (χ3n) is 2.81. The topological polar surface area (TPSA) is 46.5 Å². The summed E-state index contributed by atoms with van der Waals surface area (Å²) in [6, 6.07) is 0. The maximum atomic E-state index is 11.1. The Balaban J connectivity index is 2.03. The van der Waals surface area contributed by atoms with E-state index in [1.807, 2.05) is 6.92 Å². The van der Waals surface area contributed by atoms with Gasteiger partial charge in [-0.25, -0.2) is 0 Å². The van der Waals surface area contributed by atoms with E-state index in [1.54, 1.807) is 0 Å². The third kappa shape index (κ3) is 3.66. The van der Waals surface area contributed by atoms with Gasteiger partial charge in [0, 0.05) is 6.42 Å². The van der Waals surface area contributed by atoms with Crippen molar-refractivity contribution in [3.63, 3.8) is 0 Å². The fraction of sp³-hybridized carbons (Fsp3) is 0.909. The van der Waals surface area contributed by atoms with Crippen molar-refractivity contribution in [2.45, 2.75) is 51.6 Å². The van der Waals surface area contributed by atoms with Crippen LogP contribution in [-0.4, -0.2) is 23.8 Å². The number of rotatable bonds is 6. The largest absolute Gasteiger partial charge is 0.466 e. The third-order valence-corrected chi connectivity index (χ3v) is 2.81. The zero-order valence-corrected chi connectivity index (χ0v) is 8.87. The molecule has 1 saturated carbocycles. The summed E-state index contributed by atoms with van der Waals surface area (Å²) in [7, 11) is 0. The molecule has 0 aliphatic heterocycles. The molecule has 1 atom stereocenters. The Bertz CT molecular complexity index is 175. The second kappa shape index (κ2) is 6.02. The first-order valence-electron chi connectivity index (χ1n) is 5.57. The van der Waals surface area contributed by atoms with Gasteiger partial charge < -0.3 is 9.84 Å². The van der Waals surface area contributed by atoms with Gasteiger partial charge in [0.2, 0.25) is 0 Å². The van der Waals surface area contributed by atoms with Crippen molar-refractivity contribution in [3.05, 3.63) is 0 Å². The number of carbonyl (C=O) groups is 1. The molecule has 0 amide bonds. The van der Waals surface area contributed by atoms with Crippen LogP contribution in [0.2, 0.25) is 0 Å². The number of hydrogen-bond acceptors (Lipinski definition) is 3.